The highest BCUT2D eigenvalue weighted by molar-refractivity contribution is 5.97. The van der Waals surface area contributed by atoms with Crippen LogP contribution in [0.25, 0.3) is 0 Å². The summed E-state index contributed by atoms with van der Waals surface area (Å²) in [7, 11) is 0. The first kappa shape index (κ1) is 20.8. The quantitative estimate of drug-likeness (QED) is 0.436. The summed E-state index contributed by atoms with van der Waals surface area (Å²) in [6, 6.07) is 10.3. The predicted octanol–water partition coefficient (Wildman–Crippen LogP) is 4.85. The van der Waals surface area contributed by atoms with Gasteiger partial charge in [-0.05, 0) is 69.3 Å². The molecule has 1 aliphatic rings. The van der Waals surface area contributed by atoms with Gasteiger partial charge in [-0.25, -0.2) is 0 Å². The molecule has 1 aromatic carbocycles. The smallest absolute Gasteiger partial charge is 0.166 e. The van der Waals surface area contributed by atoms with E-state index in [-0.39, 0.29) is 5.92 Å². The van der Waals surface area contributed by atoms with E-state index < -0.39 is 0 Å². The number of Topliss-reactive ketones (excluding diaryl/α,β-unsaturated/α-hetero) is 1. The number of hydrogen-bond donors (Lipinski definition) is 0. The second-order valence-corrected chi connectivity index (χ2v) is 8.60. The summed E-state index contributed by atoms with van der Waals surface area (Å²) < 4.78 is 2.01. The Kier molecular flexibility index (Phi) is 7.84. The first-order valence-corrected chi connectivity index (χ1v) is 10.9. The van der Waals surface area contributed by atoms with Gasteiger partial charge in [0.15, 0.2) is 5.78 Å². The van der Waals surface area contributed by atoms with Crippen molar-refractivity contribution in [3.05, 3.63) is 53.9 Å². The molecule has 1 aliphatic heterocycles. The Bertz CT molecular complexity index is 698. The minimum absolute atomic E-state index is 0.201. The van der Waals surface area contributed by atoms with Crippen LogP contribution in [0, 0.1) is 11.8 Å². The largest absolute Gasteiger partial charge is 0.303 e. The minimum Gasteiger partial charge on any atom is -0.303 e. The van der Waals surface area contributed by atoms with Crippen LogP contribution in [-0.4, -0.2) is 40.1 Å². The molecule has 0 N–H and O–H groups in total. The maximum atomic E-state index is 12.8. The zero-order valence-corrected chi connectivity index (χ0v) is 17.5. The Labute approximate surface area is 169 Å². The van der Waals surface area contributed by atoms with E-state index in [9.17, 15) is 4.79 Å². The van der Waals surface area contributed by atoms with Gasteiger partial charge in [-0.3, -0.25) is 9.48 Å². The lowest BCUT2D eigenvalue weighted by molar-refractivity contribution is 0.0839. The van der Waals surface area contributed by atoms with Gasteiger partial charge in [0.1, 0.15) is 0 Å². The van der Waals surface area contributed by atoms with Gasteiger partial charge >= 0.3 is 0 Å². The highest BCUT2D eigenvalue weighted by atomic mass is 16.1. The average Bonchev–Trinajstić information content (AvgIpc) is 3.21. The van der Waals surface area contributed by atoms with Crippen molar-refractivity contribution in [1.82, 2.24) is 14.7 Å². The van der Waals surface area contributed by atoms with Crippen LogP contribution in [0.5, 0.6) is 0 Å². The Hall–Kier alpha value is -1.94. The molecule has 4 heteroatoms. The van der Waals surface area contributed by atoms with E-state index >= 15 is 0 Å². The van der Waals surface area contributed by atoms with Crippen LogP contribution in [0.2, 0.25) is 0 Å². The third-order valence-corrected chi connectivity index (χ3v) is 5.76. The number of piperidine rings is 1. The predicted molar refractivity (Wildman–Crippen MR) is 115 cm³/mol. The zero-order valence-electron chi connectivity index (χ0n) is 17.5. The fourth-order valence-corrected chi connectivity index (χ4v) is 4.15. The number of carbonyl (C=O) groups is 1. The van der Waals surface area contributed by atoms with Crippen molar-refractivity contribution in [2.75, 3.05) is 19.6 Å². The summed E-state index contributed by atoms with van der Waals surface area (Å²) in [6.07, 6.45) is 10.6. The number of aryl methyl sites for hydroxylation is 1. The second-order valence-electron chi connectivity index (χ2n) is 8.60. The molecule has 3 rings (SSSR count). The number of aromatic nitrogens is 2. The summed E-state index contributed by atoms with van der Waals surface area (Å²) in [5, 5.41) is 4.25. The van der Waals surface area contributed by atoms with Crippen molar-refractivity contribution in [1.29, 1.82) is 0 Å². The van der Waals surface area contributed by atoms with Gasteiger partial charge in [0.25, 0.3) is 0 Å². The van der Waals surface area contributed by atoms with E-state index in [1.807, 2.05) is 35.3 Å². The number of hydrogen-bond acceptors (Lipinski definition) is 3. The number of carbonyl (C=O) groups excluding carboxylic acids is 1. The maximum Gasteiger partial charge on any atom is 0.166 e. The maximum absolute atomic E-state index is 12.8. The highest BCUT2D eigenvalue weighted by Gasteiger charge is 2.25. The SMILES string of the molecule is CC(C)Cc1ccc(C(=O)C2CCN(CCCCCn3cccn3)CC2)cc1. The van der Waals surface area contributed by atoms with Crippen molar-refractivity contribution in [2.45, 2.75) is 58.9 Å². The summed E-state index contributed by atoms with van der Waals surface area (Å²) in [6.45, 7) is 8.74. The average molecular weight is 382 g/mol. The zero-order chi connectivity index (χ0) is 19.8. The van der Waals surface area contributed by atoms with Gasteiger partial charge in [-0.2, -0.15) is 5.10 Å². The lowest BCUT2D eigenvalue weighted by Gasteiger charge is -2.31. The summed E-state index contributed by atoms with van der Waals surface area (Å²) >= 11 is 0. The molecule has 1 fully saturated rings. The van der Waals surface area contributed by atoms with Gasteiger partial charge in [0.05, 0.1) is 0 Å². The van der Waals surface area contributed by atoms with Gasteiger partial charge in [-0.15, -0.1) is 0 Å². The standard InChI is InChI=1S/C24H35N3O/c1-20(2)19-21-7-9-22(10-8-21)24(28)23-11-17-26(18-12-23)14-4-3-5-15-27-16-6-13-25-27/h6-10,13,16,20,23H,3-5,11-12,14-15,17-19H2,1-2H3. The topological polar surface area (TPSA) is 38.1 Å². The first-order chi connectivity index (χ1) is 13.6. The van der Waals surface area contributed by atoms with Crippen molar-refractivity contribution >= 4 is 5.78 Å². The number of ketones is 1. The molecule has 1 aromatic heterocycles. The van der Waals surface area contributed by atoms with Crippen LogP contribution in [0.3, 0.4) is 0 Å². The Morgan fingerprint density at radius 2 is 1.79 bits per heavy atom. The third-order valence-electron chi connectivity index (χ3n) is 5.76. The van der Waals surface area contributed by atoms with Gasteiger partial charge in [0, 0.05) is 30.4 Å². The van der Waals surface area contributed by atoms with Crippen LogP contribution < -0.4 is 0 Å². The molecule has 0 spiro atoms. The van der Waals surface area contributed by atoms with E-state index in [2.05, 4.69) is 36.0 Å². The molecule has 0 radical (unpaired) electrons. The summed E-state index contributed by atoms with van der Waals surface area (Å²) in [5.74, 6) is 1.19. The molecule has 1 saturated heterocycles. The molecule has 0 amide bonds. The number of nitrogens with zero attached hydrogens (tertiary/aromatic N) is 3. The van der Waals surface area contributed by atoms with Gasteiger partial charge in [0.2, 0.25) is 0 Å². The van der Waals surface area contributed by atoms with E-state index in [0.717, 1.165) is 51.0 Å². The van der Waals surface area contributed by atoms with Crippen molar-refractivity contribution in [3.8, 4) is 0 Å². The molecule has 4 nitrogen and oxygen atoms in total. The van der Waals surface area contributed by atoms with Crippen molar-refractivity contribution in [2.24, 2.45) is 11.8 Å². The summed E-state index contributed by atoms with van der Waals surface area (Å²) in [5.41, 5.74) is 2.22. The van der Waals surface area contributed by atoms with E-state index in [1.165, 1.54) is 24.8 Å². The van der Waals surface area contributed by atoms with Gasteiger partial charge < -0.3 is 4.90 Å². The number of likely N-dealkylation sites (tertiary alicyclic amines) is 1. The molecule has 152 valence electrons. The Morgan fingerprint density at radius 3 is 2.43 bits per heavy atom. The lowest BCUT2D eigenvalue weighted by Crippen LogP contribution is -2.36. The fraction of sp³-hybridized carbons (Fsp3) is 0.583. The van der Waals surface area contributed by atoms with E-state index in [0.29, 0.717) is 11.7 Å². The lowest BCUT2D eigenvalue weighted by atomic mass is 9.88. The Morgan fingerprint density at radius 1 is 1.07 bits per heavy atom. The molecule has 0 bridgehead atoms. The Balaban J connectivity index is 1.34. The highest BCUT2D eigenvalue weighted by Crippen LogP contribution is 2.23. The van der Waals surface area contributed by atoms with Crippen LogP contribution in [0.4, 0.5) is 0 Å². The van der Waals surface area contributed by atoms with E-state index in [4.69, 9.17) is 0 Å². The molecule has 2 heterocycles. The normalized spacial score (nSPS) is 16.0. The molecular weight excluding hydrogens is 346 g/mol. The molecule has 28 heavy (non-hydrogen) atoms. The van der Waals surface area contributed by atoms with Crippen LogP contribution in [0.1, 0.15) is 61.9 Å². The molecule has 2 aromatic rings. The molecule has 0 aliphatic carbocycles. The number of unbranched alkanes of at least 4 members (excludes halogenated alkanes) is 2. The second kappa shape index (κ2) is 10.6. The molecule has 0 unspecified atom stereocenters. The van der Waals surface area contributed by atoms with E-state index in [1.54, 1.807) is 0 Å². The minimum atomic E-state index is 0.201. The van der Waals surface area contributed by atoms with Crippen molar-refractivity contribution < 1.29 is 4.79 Å². The molecule has 0 saturated carbocycles. The fourth-order valence-electron chi connectivity index (χ4n) is 4.15. The number of benzene rings is 1. The van der Waals surface area contributed by atoms with Crippen molar-refractivity contribution in [3.63, 3.8) is 0 Å². The van der Waals surface area contributed by atoms with Gasteiger partial charge in [-0.1, -0.05) is 44.5 Å². The van der Waals surface area contributed by atoms with Crippen LogP contribution in [-0.2, 0) is 13.0 Å². The molecule has 0 atom stereocenters. The molecular formula is C24H35N3O. The summed E-state index contributed by atoms with van der Waals surface area (Å²) in [4.78, 5) is 15.4. The first-order valence-electron chi connectivity index (χ1n) is 10.9. The van der Waals surface area contributed by atoms with Crippen LogP contribution in [0.15, 0.2) is 42.7 Å². The third kappa shape index (κ3) is 6.30. The monoisotopic (exact) mass is 381 g/mol. The number of rotatable bonds is 10. The van der Waals surface area contributed by atoms with Crippen LogP contribution >= 0.6 is 0 Å².